The van der Waals surface area contributed by atoms with Gasteiger partial charge >= 0.3 is 6.09 Å². The second-order valence-corrected chi connectivity index (χ2v) is 14.4. The molecular formula is C45H48ClN3O7. The Bertz CT molecular complexity index is 2130. The van der Waals surface area contributed by atoms with Gasteiger partial charge in [-0.3, -0.25) is 9.79 Å². The van der Waals surface area contributed by atoms with Gasteiger partial charge < -0.3 is 29.0 Å². The molecule has 0 aromatic heterocycles. The third-order valence-corrected chi connectivity index (χ3v) is 8.97. The number of aliphatic hydroxyl groups excluding tert-OH is 1. The maximum Gasteiger partial charge on any atom is 0.410 e. The van der Waals surface area contributed by atoms with E-state index in [1.807, 2.05) is 48.5 Å². The SMILES string of the molecule is C=N/C=C(C#N)\C=C(/C)COc1cc(OCc2cccc(-c3cccc(-c4ccc(OCCN(CCO)C(=O)OC(C)(C)C)cc4)c3C)c2C)c(Cl)cc1C=O. The van der Waals surface area contributed by atoms with Crippen LogP contribution in [-0.4, -0.2) is 67.6 Å². The number of amides is 1. The Hall–Kier alpha value is -5.89. The van der Waals surface area contributed by atoms with Gasteiger partial charge in [0.05, 0.1) is 29.3 Å². The molecule has 0 spiro atoms. The van der Waals surface area contributed by atoms with Gasteiger partial charge in [-0.2, -0.15) is 5.26 Å². The van der Waals surface area contributed by atoms with E-state index in [4.69, 9.17) is 30.5 Å². The minimum atomic E-state index is -0.637. The Labute approximate surface area is 334 Å². The summed E-state index contributed by atoms with van der Waals surface area (Å²) in [6.45, 7) is 15.6. The smallest absolute Gasteiger partial charge is 0.410 e. The molecule has 4 rings (SSSR count). The average molecular weight is 778 g/mol. The first-order chi connectivity index (χ1) is 26.8. The van der Waals surface area contributed by atoms with Crippen LogP contribution in [0.4, 0.5) is 4.79 Å². The van der Waals surface area contributed by atoms with E-state index in [2.05, 4.69) is 43.8 Å². The van der Waals surface area contributed by atoms with Crippen molar-refractivity contribution in [1.82, 2.24) is 4.90 Å². The molecule has 0 aliphatic heterocycles. The fourth-order valence-electron chi connectivity index (χ4n) is 5.85. The van der Waals surface area contributed by atoms with Crippen molar-refractivity contribution < 1.29 is 33.6 Å². The molecule has 1 amide bonds. The van der Waals surface area contributed by atoms with Crippen LogP contribution in [0.3, 0.4) is 0 Å². The molecule has 4 aromatic carbocycles. The molecule has 4 aromatic rings. The van der Waals surface area contributed by atoms with Crippen molar-refractivity contribution in [3.05, 3.63) is 123 Å². The standard InChI is InChI=1S/C45H48ClN3O7/c1-30(22-33(25-47)26-48-7)28-54-42-24-43(41(46)23-36(42)27-51)55-29-35-10-8-12-39(31(35)2)40-13-9-11-38(32(40)3)34-14-16-37(17-15-34)53-21-19-49(18-20-50)44(52)56-45(4,5)6/h8-17,22-24,26-27,50H,7,18-21,28-29H2,1-6H3/b30-22+,33-26+. The fraction of sp³-hybridized carbons (Fsp3) is 0.289. The van der Waals surface area contributed by atoms with Crippen LogP contribution in [0.1, 0.15) is 54.7 Å². The number of aldehydes is 1. The van der Waals surface area contributed by atoms with E-state index in [-0.39, 0.29) is 50.1 Å². The summed E-state index contributed by atoms with van der Waals surface area (Å²) in [7, 11) is 0. The zero-order chi connectivity index (χ0) is 40.8. The minimum absolute atomic E-state index is 0.123. The number of ether oxygens (including phenoxy) is 4. The van der Waals surface area contributed by atoms with Crippen LogP contribution in [0.5, 0.6) is 17.2 Å². The molecule has 0 saturated carbocycles. The van der Waals surface area contributed by atoms with Crippen molar-refractivity contribution in [3.8, 4) is 45.6 Å². The number of carbonyl (C=O) groups is 2. The summed E-state index contributed by atoms with van der Waals surface area (Å²) in [5, 5.41) is 19.0. The fourth-order valence-corrected chi connectivity index (χ4v) is 6.07. The molecule has 0 atom stereocenters. The van der Waals surface area contributed by atoms with Crippen molar-refractivity contribution in [2.24, 2.45) is 4.99 Å². The van der Waals surface area contributed by atoms with Crippen LogP contribution in [0, 0.1) is 25.2 Å². The van der Waals surface area contributed by atoms with E-state index in [0.29, 0.717) is 29.1 Å². The zero-order valence-electron chi connectivity index (χ0n) is 32.7. The lowest BCUT2D eigenvalue weighted by atomic mass is 9.89. The highest BCUT2D eigenvalue weighted by molar-refractivity contribution is 6.32. The largest absolute Gasteiger partial charge is 0.492 e. The normalized spacial score (nSPS) is 11.7. The molecule has 0 fully saturated rings. The molecule has 0 heterocycles. The summed E-state index contributed by atoms with van der Waals surface area (Å²) in [5.74, 6) is 1.33. The number of carbonyl (C=O) groups excluding carboxylic acids is 2. The molecular weight excluding hydrogens is 730 g/mol. The van der Waals surface area contributed by atoms with Crippen LogP contribution >= 0.6 is 11.6 Å². The topological polar surface area (TPSA) is 131 Å². The van der Waals surface area contributed by atoms with Gasteiger partial charge in [-0.1, -0.05) is 60.1 Å². The van der Waals surface area contributed by atoms with E-state index in [1.54, 1.807) is 39.8 Å². The van der Waals surface area contributed by atoms with Crippen LogP contribution < -0.4 is 14.2 Å². The van der Waals surface area contributed by atoms with Gasteiger partial charge in [-0.15, -0.1) is 0 Å². The second kappa shape index (κ2) is 20.1. The molecule has 292 valence electrons. The number of nitrogens with zero attached hydrogens (tertiary/aromatic N) is 3. The van der Waals surface area contributed by atoms with Gasteiger partial charge in [0.15, 0.2) is 6.29 Å². The quantitative estimate of drug-likeness (QED) is 0.0486. The number of aliphatic imine (C=N–C) groups is 1. The van der Waals surface area contributed by atoms with Crippen LogP contribution in [0.15, 0.2) is 101 Å². The maximum absolute atomic E-state index is 12.5. The van der Waals surface area contributed by atoms with E-state index in [1.165, 1.54) is 17.2 Å². The molecule has 1 N–H and O–H groups in total. The highest BCUT2D eigenvalue weighted by Gasteiger charge is 2.22. The second-order valence-electron chi connectivity index (χ2n) is 14.0. The highest BCUT2D eigenvalue weighted by atomic mass is 35.5. The van der Waals surface area contributed by atoms with Crippen molar-refractivity contribution in [2.75, 3.05) is 32.9 Å². The van der Waals surface area contributed by atoms with Gasteiger partial charge in [0, 0.05) is 18.8 Å². The lowest BCUT2D eigenvalue weighted by molar-refractivity contribution is 0.0194. The number of nitriles is 1. The van der Waals surface area contributed by atoms with Gasteiger partial charge in [0.2, 0.25) is 0 Å². The van der Waals surface area contributed by atoms with Crippen LogP contribution in [0.25, 0.3) is 22.3 Å². The first-order valence-electron chi connectivity index (χ1n) is 18.1. The molecule has 0 unspecified atom stereocenters. The predicted molar refractivity (Wildman–Crippen MR) is 221 cm³/mol. The maximum atomic E-state index is 12.5. The minimum Gasteiger partial charge on any atom is -0.492 e. The van der Waals surface area contributed by atoms with E-state index < -0.39 is 11.7 Å². The Balaban J connectivity index is 1.47. The Morgan fingerprint density at radius 3 is 2.27 bits per heavy atom. The molecule has 10 nitrogen and oxygen atoms in total. The number of benzene rings is 4. The van der Waals surface area contributed by atoms with E-state index in [9.17, 15) is 20.0 Å². The highest BCUT2D eigenvalue weighted by Crippen LogP contribution is 2.36. The first-order valence-corrected chi connectivity index (χ1v) is 18.4. The average Bonchev–Trinajstić information content (AvgIpc) is 3.16. The van der Waals surface area contributed by atoms with Crippen molar-refractivity contribution in [3.63, 3.8) is 0 Å². The molecule has 0 aliphatic rings. The molecule has 0 saturated heterocycles. The summed E-state index contributed by atoms with van der Waals surface area (Å²) in [6, 6.07) is 25.3. The number of hydrogen-bond acceptors (Lipinski definition) is 9. The number of hydrogen-bond donors (Lipinski definition) is 1. The Morgan fingerprint density at radius 2 is 1.62 bits per heavy atom. The number of rotatable bonds is 17. The molecule has 0 bridgehead atoms. The summed E-state index contributed by atoms with van der Waals surface area (Å²) >= 11 is 6.54. The van der Waals surface area contributed by atoms with Gasteiger partial charge in [0.25, 0.3) is 0 Å². The third kappa shape index (κ3) is 11.8. The van der Waals surface area contributed by atoms with Crippen LogP contribution in [-0.2, 0) is 11.3 Å². The number of halogens is 1. The van der Waals surface area contributed by atoms with Crippen molar-refractivity contribution in [1.29, 1.82) is 5.26 Å². The predicted octanol–water partition coefficient (Wildman–Crippen LogP) is 9.72. The summed E-state index contributed by atoms with van der Waals surface area (Å²) < 4.78 is 23.5. The number of allylic oxidation sites excluding steroid dienone is 2. The molecule has 0 aliphatic carbocycles. The summed E-state index contributed by atoms with van der Waals surface area (Å²) in [6.07, 6.45) is 3.17. The number of aliphatic hydroxyl groups is 1. The first kappa shape index (κ1) is 42.8. The van der Waals surface area contributed by atoms with Crippen molar-refractivity contribution in [2.45, 2.75) is 53.8 Å². The Kier molecular flexibility index (Phi) is 15.4. The van der Waals surface area contributed by atoms with E-state index >= 15 is 0 Å². The Morgan fingerprint density at radius 1 is 0.946 bits per heavy atom. The summed E-state index contributed by atoms with van der Waals surface area (Å²) in [5.41, 5.74) is 8.07. The lowest BCUT2D eigenvalue weighted by Crippen LogP contribution is -2.40. The third-order valence-electron chi connectivity index (χ3n) is 8.68. The van der Waals surface area contributed by atoms with E-state index in [0.717, 1.165) is 44.5 Å². The van der Waals surface area contributed by atoms with Gasteiger partial charge in [-0.05, 0) is 117 Å². The zero-order valence-corrected chi connectivity index (χ0v) is 33.5. The monoisotopic (exact) mass is 777 g/mol. The lowest BCUT2D eigenvalue weighted by Gasteiger charge is -2.27. The van der Waals surface area contributed by atoms with Gasteiger partial charge in [-0.25, -0.2) is 4.79 Å². The van der Waals surface area contributed by atoms with Crippen LogP contribution in [0.2, 0.25) is 5.02 Å². The molecule has 11 heteroatoms. The van der Waals surface area contributed by atoms with Gasteiger partial charge in [0.1, 0.15) is 48.7 Å². The summed E-state index contributed by atoms with van der Waals surface area (Å²) in [4.78, 5) is 29.4. The molecule has 0 radical (unpaired) electrons. The molecule has 56 heavy (non-hydrogen) atoms. The van der Waals surface area contributed by atoms with Crippen molar-refractivity contribution >= 4 is 30.7 Å².